The molecule has 0 aromatic heterocycles. The molecule has 0 spiro atoms. The van der Waals surface area contributed by atoms with Crippen LogP contribution >= 0.6 is 0 Å². The summed E-state index contributed by atoms with van der Waals surface area (Å²) < 4.78 is 30.1. The average molecular weight is 412 g/mol. The highest BCUT2D eigenvalue weighted by molar-refractivity contribution is 5.76. The topological polar surface area (TPSA) is 73.9 Å². The number of carbonyl (C=O) groups excluding carboxylic acids is 2. The molecule has 1 amide bonds. The number of benzene rings is 1. The Morgan fingerprint density at radius 3 is 2.31 bits per heavy atom. The molecule has 0 saturated heterocycles. The lowest BCUT2D eigenvalue weighted by Crippen LogP contribution is -2.53. The molecule has 1 N–H and O–H groups in total. The Morgan fingerprint density at radius 1 is 1.21 bits per heavy atom. The van der Waals surface area contributed by atoms with E-state index in [1.165, 1.54) is 19.2 Å². The summed E-state index contributed by atoms with van der Waals surface area (Å²) in [6.07, 6.45) is -0.384. The number of hydrogen-bond acceptors (Lipinski definition) is 5. The average Bonchev–Trinajstić information content (AvgIpc) is 2.59. The van der Waals surface area contributed by atoms with Crippen LogP contribution in [0.15, 0.2) is 18.2 Å². The predicted octanol–water partition coefficient (Wildman–Crippen LogP) is 4.46. The highest BCUT2D eigenvalue weighted by atomic mass is 19.1. The summed E-state index contributed by atoms with van der Waals surface area (Å²) in [4.78, 5) is 23.7. The van der Waals surface area contributed by atoms with Crippen molar-refractivity contribution >= 4 is 12.4 Å². The van der Waals surface area contributed by atoms with E-state index in [1.807, 2.05) is 20.8 Å². The fraction of sp³-hybridized carbons (Fsp3) is 0.636. The molecular formula is C22H34FNO5. The quantitative estimate of drug-likeness (QED) is 0.607. The Kier molecular flexibility index (Phi) is 8.63. The molecule has 0 saturated carbocycles. The summed E-state index contributed by atoms with van der Waals surface area (Å²) >= 11 is 0. The molecule has 0 aliphatic heterocycles. The van der Waals surface area contributed by atoms with Crippen molar-refractivity contribution in [3.63, 3.8) is 0 Å². The van der Waals surface area contributed by atoms with E-state index >= 15 is 0 Å². The third kappa shape index (κ3) is 7.65. The SMILES string of the molecule is COc1cc(F)ccc1[C@H](C(C)C)[C@H](C)OC[C@@](C)(C=O)NC(=O)OC(C)(C)C. The monoisotopic (exact) mass is 411 g/mol. The van der Waals surface area contributed by atoms with Crippen molar-refractivity contribution in [2.45, 2.75) is 71.6 Å². The Labute approximate surface area is 173 Å². The maximum Gasteiger partial charge on any atom is 0.408 e. The van der Waals surface area contributed by atoms with Gasteiger partial charge in [-0.1, -0.05) is 19.9 Å². The summed E-state index contributed by atoms with van der Waals surface area (Å²) in [7, 11) is 1.50. The van der Waals surface area contributed by atoms with Gasteiger partial charge in [0.25, 0.3) is 0 Å². The van der Waals surface area contributed by atoms with Crippen LogP contribution in [0.2, 0.25) is 0 Å². The van der Waals surface area contributed by atoms with E-state index in [-0.39, 0.29) is 30.4 Å². The number of carbonyl (C=O) groups is 2. The second-order valence-corrected chi connectivity index (χ2v) is 8.83. The Balaban J connectivity index is 2.94. The second-order valence-electron chi connectivity index (χ2n) is 8.83. The van der Waals surface area contributed by atoms with E-state index < -0.39 is 17.2 Å². The van der Waals surface area contributed by atoms with Gasteiger partial charge in [-0.25, -0.2) is 9.18 Å². The van der Waals surface area contributed by atoms with Gasteiger partial charge in [-0.2, -0.15) is 0 Å². The Hall–Kier alpha value is -2.15. The Morgan fingerprint density at radius 2 is 1.83 bits per heavy atom. The van der Waals surface area contributed by atoms with Crippen LogP contribution in [0.5, 0.6) is 5.75 Å². The van der Waals surface area contributed by atoms with Crippen LogP contribution in [0.3, 0.4) is 0 Å². The van der Waals surface area contributed by atoms with Crippen molar-refractivity contribution in [3.05, 3.63) is 29.6 Å². The zero-order valence-electron chi connectivity index (χ0n) is 18.7. The van der Waals surface area contributed by atoms with E-state index in [4.69, 9.17) is 14.2 Å². The first-order valence-electron chi connectivity index (χ1n) is 9.74. The first-order valence-corrected chi connectivity index (χ1v) is 9.74. The van der Waals surface area contributed by atoms with Gasteiger partial charge in [0.05, 0.1) is 19.8 Å². The molecule has 6 nitrogen and oxygen atoms in total. The van der Waals surface area contributed by atoms with E-state index in [0.717, 1.165) is 5.56 Å². The fourth-order valence-electron chi connectivity index (χ4n) is 3.16. The van der Waals surface area contributed by atoms with Crippen molar-refractivity contribution < 1.29 is 28.2 Å². The number of rotatable bonds is 9. The van der Waals surface area contributed by atoms with Gasteiger partial charge >= 0.3 is 6.09 Å². The highest BCUT2D eigenvalue weighted by Crippen LogP contribution is 2.36. The number of amides is 1. The summed E-state index contributed by atoms with van der Waals surface area (Å²) in [5.74, 6) is 0.120. The van der Waals surface area contributed by atoms with Gasteiger partial charge in [0.15, 0.2) is 0 Å². The minimum atomic E-state index is -1.25. The van der Waals surface area contributed by atoms with Gasteiger partial charge in [-0.05, 0) is 46.6 Å². The summed E-state index contributed by atoms with van der Waals surface area (Å²) in [6.45, 7) is 12.7. The third-order valence-corrected chi connectivity index (χ3v) is 4.47. The molecule has 3 atom stereocenters. The van der Waals surface area contributed by atoms with Crippen molar-refractivity contribution in [2.75, 3.05) is 13.7 Å². The molecule has 7 heteroatoms. The first-order chi connectivity index (χ1) is 13.3. The number of alkyl carbamates (subject to hydrolysis) is 1. The third-order valence-electron chi connectivity index (χ3n) is 4.47. The minimum Gasteiger partial charge on any atom is -0.496 e. The van der Waals surface area contributed by atoms with Gasteiger partial charge < -0.3 is 24.3 Å². The lowest BCUT2D eigenvalue weighted by Gasteiger charge is -2.33. The predicted molar refractivity (Wildman–Crippen MR) is 110 cm³/mol. The Bertz CT molecular complexity index is 701. The van der Waals surface area contributed by atoms with Crippen LogP contribution in [0, 0.1) is 11.7 Å². The van der Waals surface area contributed by atoms with Crippen LogP contribution < -0.4 is 10.1 Å². The number of methoxy groups -OCH3 is 1. The van der Waals surface area contributed by atoms with Gasteiger partial charge in [0.2, 0.25) is 0 Å². The fourth-order valence-corrected chi connectivity index (χ4v) is 3.16. The summed E-state index contributed by atoms with van der Waals surface area (Å²) in [5.41, 5.74) is -1.10. The van der Waals surface area contributed by atoms with Gasteiger partial charge in [0.1, 0.15) is 29.0 Å². The lowest BCUT2D eigenvalue weighted by atomic mass is 9.83. The highest BCUT2D eigenvalue weighted by Gasteiger charge is 2.32. The smallest absolute Gasteiger partial charge is 0.408 e. The maximum atomic E-state index is 13.6. The number of nitrogens with one attached hydrogen (secondary N) is 1. The summed E-state index contributed by atoms with van der Waals surface area (Å²) in [5, 5.41) is 2.56. The number of ether oxygens (including phenoxy) is 3. The molecule has 0 aliphatic carbocycles. The van der Waals surface area contributed by atoms with Crippen LogP contribution in [-0.2, 0) is 14.3 Å². The minimum absolute atomic E-state index is 0.0381. The second kappa shape index (κ2) is 10.1. The van der Waals surface area contributed by atoms with E-state index in [0.29, 0.717) is 12.0 Å². The van der Waals surface area contributed by atoms with Crippen molar-refractivity contribution in [3.8, 4) is 5.75 Å². The normalized spacial score (nSPS) is 15.9. The van der Waals surface area contributed by atoms with Crippen LogP contribution in [0.1, 0.15) is 59.9 Å². The van der Waals surface area contributed by atoms with E-state index in [9.17, 15) is 14.0 Å². The standard InChI is InChI=1S/C22H34FNO5/c1-14(2)19(17-10-9-16(23)11-18(17)27-8)15(3)28-13-22(7,12-25)24-20(26)29-21(4,5)6/h9-12,14-15,19H,13H2,1-8H3,(H,24,26)/t15-,19+,22+/m0/s1. The molecule has 0 aliphatic rings. The molecular weight excluding hydrogens is 377 g/mol. The molecule has 0 heterocycles. The largest absolute Gasteiger partial charge is 0.496 e. The number of halogens is 1. The van der Waals surface area contributed by atoms with Gasteiger partial charge in [0, 0.05) is 17.5 Å². The molecule has 0 radical (unpaired) electrons. The van der Waals surface area contributed by atoms with Crippen LogP contribution in [0.25, 0.3) is 0 Å². The van der Waals surface area contributed by atoms with E-state index in [2.05, 4.69) is 5.32 Å². The number of aldehydes is 1. The molecule has 1 aromatic rings. The molecule has 0 unspecified atom stereocenters. The van der Waals surface area contributed by atoms with Gasteiger partial charge in [-0.3, -0.25) is 0 Å². The molecule has 29 heavy (non-hydrogen) atoms. The number of hydrogen-bond donors (Lipinski definition) is 1. The van der Waals surface area contributed by atoms with Crippen molar-refractivity contribution in [1.29, 1.82) is 0 Å². The molecule has 164 valence electrons. The van der Waals surface area contributed by atoms with Crippen molar-refractivity contribution in [1.82, 2.24) is 5.32 Å². The molecule has 1 rings (SSSR count). The molecule has 0 bridgehead atoms. The zero-order valence-corrected chi connectivity index (χ0v) is 18.7. The zero-order chi connectivity index (χ0) is 22.4. The van der Waals surface area contributed by atoms with Crippen LogP contribution in [-0.4, -0.2) is 43.3 Å². The molecule has 1 aromatic carbocycles. The van der Waals surface area contributed by atoms with Crippen LogP contribution in [0.4, 0.5) is 9.18 Å². The first kappa shape index (κ1) is 24.9. The van der Waals surface area contributed by atoms with E-state index in [1.54, 1.807) is 33.8 Å². The van der Waals surface area contributed by atoms with Gasteiger partial charge in [-0.15, -0.1) is 0 Å². The maximum absolute atomic E-state index is 13.6. The molecule has 0 fully saturated rings. The summed E-state index contributed by atoms with van der Waals surface area (Å²) in [6, 6.07) is 4.42. The van der Waals surface area contributed by atoms with Crippen molar-refractivity contribution in [2.24, 2.45) is 5.92 Å². The lowest BCUT2D eigenvalue weighted by molar-refractivity contribution is -0.116.